The lowest BCUT2D eigenvalue weighted by Crippen LogP contribution is -2.51. The first kappa shape index (κ1) is 22.1. The Hall–Kier alpha value is -3.73. The van der Waals surface area contributed by atoms with E-state index in [-0.39, 0.29) is 25.0 Å². The van der Waals surface area contributed by atoms with Crippen LogP contribution in [0.5, 0.6) is 0 Å². The van der Waals surface area contributed by atoms with Crippen molar-refractivity contribution >= 4 is 28.9 Å². The number of rotatable bonds is 5. The van der Waals surface area contributed by atoms with Gasteiger partial charge in [-0.1, -0.05) is 0 Å². The van der Waals surface area contributed by atoms with E-state index in [1.54, 1.807) is 47.2 Å². The van der Waals surface area contributed by atoms with E-state index in [2.05, 4.69) is 15.3 Å². The van der Waals surface area contributed by atoms with Gasteiger partial charge in [0.1, 0.15) is 23.5 Å². The Kier molecular flexibility index (Phi) is 5.16. The molecule has 1 saturated heterocycles. The summed E-state index contributed by atoms with van der Waals surface area (Å²) in [5.74, 6) is -3.58. The standard InChI is InChI=1S/C23H21F2N5O4/c24-23(25)9-7-22(8-10-23)20(33)29(21(34)28-22)12-17(32)14-3-5-15(6-4-14)30-18(13-31)27-16-2-1-11-26-19(16)30/h1-6,11,31H,7-10,12-13H2,(H,28,34). The average molecular weight is 469 g/mol. The van der Waals surface area contributed by atoms with Gasteiger partial charge in [-0.05, 0) is 49.2 Å². The van der Waals surface area contributed by atoms with Gasteiger partial charge in [-0.15, -0.1) is 0 Å². The van der Waals surface area contributed by atoms with E-state index in [1.165, 1.54) is 0 Å². The number of hydrogen-bond acceptors (Lipinski definition) is 6. The highest BCUT2D eigenvalue weighted by Crippen LogP contribution is 2.41. The summed E-state index contributed by atoms with van der Waals surface area (Å²) in [5.41, 5.74) is 0.689. The van der Waals surface area contributed by atoms with Crippen LogP contribution in [0, 0.1) is 0 Å². The van der Waals surface area contributed by atoms with Crippen LogP contribution in [-0.2, 0) is 11.4 Å². The van der Waals surface area contributed by atoms with Gasteiger partial charge >= 0.3 is 6.03 Å². The number of nitrogens with one attached hydrogen (secondary N) is 1. The number of Topliss-reactive ketones (excluding diaryl/α,β-unsaturated/α-hetero) is 1. The third kappa shape index (κ3) is 3.61. The van der Waals surface area contributed by atoms with Crippen molar-refractivity contribution in [3.8, 4) is 5.69 Å². The van der Waals surface area contributed by atoms with Gasteiger partial charge in [-0.2, -0.15) is 0 Å². The smallest absolute Gasteiger partial charge is 0.325 e. The number of carbonyl (C=O) groups is 3. The van der Waals surface area contributed by atoms with Crippen LogP contribution in [0.2, 0.25) is 0 Å². The van der Waals surface area contributed by atoms with Gasteiger partial charge in [0, 0.05) is 30.3 Å². The molecule has 3 heterocycles. The second kappa shape index (κ2) is 7.94. The Bertz CT molecular complexity index is 1290. The molecule has 34 heavy (non-hydrogen) atoms. The molecular weight excluding hydrogens is 448 g/mol. The topological polar surface area (TPSA) is 117 Å². The number of aliphatic hydroxyl groups is 1. The zero-order valence-corrected chi connectivity index (χ0v) is 18.0. The van der Waals surface area contributed by atoms with Gasteiger partial charge in [0.25, 0.3) is 5.91 Å². The van der Waals surface area contributed by atoms with E-state index < -0.39 is 48.6 Å². The summed E-state index contributed by atoms with van der Waals surface area (Å²) in [6.07, 6.45) is 0.303. The van der Waals surface area contributed by atoms with Crippen LogP contribution in [0.1, 0.15) is 41.9 Å². The SMILES string of the molecule is O=C(CN1C(=O)NC2(CCC(F)(F)CC2)C1=O)c1ccc(-n2c(CO)nc3cccnc32)cc1. The molecule has 2 fully saturated rings. The maximum absolute atomic E-state index is 13.5. The highest BCUT2D eigenvalue weighted by Gasteiger charge is 2.55. The quantitative estimate of drug-likeness (QED) is 0.438. The lowest BCUT2D eigenvalue weighted by Gasteiger charge is -2.34. The number of amides is 3. The fraction of sp³-hybridized carbons (Fsp3) is 0.348. The Morgan fingerprint density at radius 3 is 2.47 bits per heavy atom. The maximum atomic E-state index is 13.5. The third-order valence-electron chi connectivity index (χ3n) is 6.46. The number of imidazole rings is 1. The molecule has 9 nitrogen and oxygen atoms in total. The Balaban J connectivity index is 1.34. The zero-order valence-electron chi connectivity index (χ0n) is 18.0. The summed E-state index contributed by atoms with van der Waals surface area (Å²) in [6, 6.07) is 9.16. The minimum atomic E-state index is -2.85. The number of aliphatic hydroxyl groups excluding tert-OH is 1. The molecule has 2 aromatic heterocycles. The van der Waals surface area contributed by atoms with Crippen LogP contribution in [0.25, 0.3) is 16.9 Å². The summed E-state index contributed by atoms with van der Waals surface area (Å²) >= 11 is 0. The van der Waals surface area contributed by atoms with E-state index in [4.69, 9.17) is 0 Å². The minimum absolute atomic E-state index is 0.163. The lowest BCUT2D eigenvalue weighted by atomic mass is 9.80. The molecule has 0 bridgehead atoms. The van der Waals surface area contributed by atoms with Crippen molar-refractivity contribution < 1.29 is 28.3 Å². The van der Waals surface area contributed by atoms with E-state index in [0.717, 1.165) is 4.90 Å². The maximum Gasteiger partial charge on any atom is 0.325 e. The fourth-order valence-corrected chi connectivity index (χ4v) is 4.57. The van der Waals surface area contributed by atoms with Crippen LogP contribution in [0.4, 0.5) is 13.6 Å². The van der Waals surface area contributed by atoms with Crippen LogP contribution in [0.3, 0.4) is 0 Å². The lowest BCUT2D eigenvalue weighted by molar-refractivity contribution is -0.135. The number of halogens is 2. The predicted octanol–water partition coefficient (Wildman–Crippen LogP) is 2.60. The molecule has 2 aliphatic rings. The van der Waals surface area contributed by atoms with Crippen molar-refractivity contribution in [2.45, 2.75) is 43.8 Å². The fourth-order valence-electron chi connectivity index (χ4n) is 4.57. The average Bonchev–Trinajstić information content (AvgIpc) is 3.32. The van der Waals surface area contributed by atoms with Crippen molar-refractivity contribution in [3.05, 3.63) is 54.0 Å². The first-order valence-electron chi connectivity index (χ1n) is 10.8. The van der Waals surface area contributed by atoms with Crippen molar-refractivity contribution in [2.75, 3.05) is 6.54 Å². The molecule has 0 radical (unpaired) electrons. The van der Waals surface area contributed by atoms with Gasteiger partial charge in [0.15, 0.2) is 11.4 Å². The number of aromatic nitrogens is 3. The van der Waals surface area contributed by atoms with Crippen molar-refractivity contribution in [1.29, 1.82) is 0 Å². The summed E-state index contributed by atoms with van der Waals surface area (Å²) in [7, 11) is 0. The second-order valence-corrected chi connectivity index (χ2v) is 8.60. The number of urea groups is 1. The number of ketones is 1. The molecule has 1 aliphatic carbocycles. The molecule has 176 valence electrons. The normalized spacial score (nSPS) is 19.1. The number of nitrogens with zero attached hydrogens (tertiary/aromatic N) is 4. The highest BCUT2D eigenvalue weighted by atomic mass is 19.3. The van der Waals surface area contributed by atoms with Crippen molar-refractivity contribution in [2.24, 2.45) is 0 Å². The second-order valence-electron chi connectivity index (χ2n) is 8.60. The molecule has 2 N–H and O–H groups in total. The highest BCUT2D eigenvalue weighted by molar-refractivity contribution is 6.11. The van der Waals surface area contributed by atoms with Crippen molar-refractivity contribution in [1.82, 2.24) is 24.8 Å². The third-order valence-corrected chi connectivity index (χ3v) is 6.46. The molecule has 5 rings (SSSR count). The van der Waals surface area contributed by atoms with Gasteiger partial charge in [-0.25, -0.2) is 23.5 Å². The van der Waals surface area contributed by atoms with Gasteiger partial charge in [-0.3, -0.25) is 19.1 Å². The molecule has 1 spiro atoms. The zero-order chi connectivity index (χ0) is 24.1. The molecule has 0 unspecified atom stereocenters. The number of fused-ring (bicyclic) bond motifs is 1. The summed E-state index contributed by atoms with van der Waals surface area (Å²) in [4.78, 5) is 47.6. The molecule has 11 heteroatoms. The van der Waals surface area contributed by atoms with Crippen LogP contribution in [0.15, 0.2) is 42.6 Å². The number of benzene rings is 1. The van der Waals surface area contributed by atoms with Crippen LogP contribution >= 0.6 is 0 Å². The largest absolute Gasteiger partial charge is 0.388 e. The van der Waals surface area contributed by atoms with Gasteiger partial charge in [0.2, 0.25) is 5.92 Å². The van der Waals surface area contributed by atoms with E-state index in [0.29, 0.717) is 22.7 Å². The molecule has 1 aromatic carbocycles. The van der Waals surface area contributed by atoms with Crippen molar-refractivity contribution in [3.63, 3.8) is 0 Å². The Labute approximate surface area is 192 Å². The van der Waals surface area contributed by atoms with Gasteiger partial charge in [0.05, 0.1) is 6.54 Å². The Morgan fingerprint density at radius 2 is 1.79 bits per heavy atom. The van der Waals surface area contributed by atoms with E-state index >= 15 is 0 Å². The van der Waals surface area contributed by atoms with E-state index in [1.807, 2.05) is 0 Å². The summed E-state index contributed by atoms with van der Waals surface area (Å²) < 4.78 is 28.8. The minimum Gasteiger partial charge on any atom is -0.388 e. The number of pyridine rings is 1. The molecular formula is C23H21F2N5O4. The van der Waals surface area contributed by atoms with E-state index in [9.17, 15) is 28.3 Å². The molecule has 0 atom stereocenters. The monoisotopic (exact) mass is 469 g/mol. The molecule has 1 saturated carbocycles. The first-order valence-corrected chi connectivity index (χ1v) is 10.8. The Morgan fingerprint density at radius 1 is 1.09 bits per heavy atom. The summed E-state index contributed by atoms with van der Waals surface area (Å²) in [6.45, 7) is -0.795. The number of alkyl halides is 2. The van der Waals surface area contributed by atoms with Crippen LogP contribution in [-0.4, -0.2) is 60.3 Å². The molecule has 3 aromatic rings. The number of imide groups is 1. The number of hydrogen-bond donors (Lipinski definition) is 2. The summed E-state index contributed by atoms with van der Waals surface area (Å²) in [5, 5.41) is 12.2. The number of carbonyl (C=O) groups excluding carboxylic acids is 3. The first-order chi connectivity index (χ1) is 16.2. The molecule has 3 amide bonds. The predicted molar refractivity (Wildman–Crippen MR) is 116 cm³/mol. The van der Waals surface area contributed by atoms with Gasteiger partial charge < -0.3 is 10.4 Å². The van der Waals surface area contributed by atoms with Crippen LogP contribution < -0.4 is 5.32 Å². The molecule has 1 aliphatic heterocycles.